The minimum absolute atomic E-state index is 0.0340. The third kappa shape index (κ3) is 5.53. The molecule has 1 atom stereocenters. The minimum atomic E-state index is -0.970. The third-order valence-corrected chi connectivity index (χ3v) is 3.27. The van der Waals surface area contributed by atoms with Gasteiger partial charge in [-0.15, -0.1) is 0 Å². The molecular formula is C15H24F2N2O. The smallest absolute Gasteiger partial charge is 0.164 e. The van der Waals surface area contributed by atoms with Crippen molar-refractivity contribution in [2.45, 2.75) is 18.9 Å². The highest BCUT2D eigenvalue weighted by molar-refractivity contribution is 5.21. The van der Waals surface area contributed by atoms with Gasteiger partial charge in [-0.3, -0.25) is 0 Å². The lowest BCUT2D eigenvalue weighted by molar-refractivity contribution is 0.143. The van der Waals surface area contributed by atoms with Crippen molar-refractivity contribution in [2.24, 2.45) is 0 Å². The Kier molecular flexibility index (Phi) is 7.05. The number of benzene rings is 1. The Bertz CT molecular complexity index is 413. The molecule has 0 spiro atoms. The van der Waals surface area contributed by atoms with Crippen LogP contribution in [0.5, 0.6) is 0 Å². The Morgan fingerprint density at radius 3 is 2.45 bits per heavy atom. The number of halogens is 2. The van der Waals surface area contributed by atoms with Gasteiger partial charge in [-0.1, -0.05) is 12.1 Å². The number of aliphatic hydroxyl groups is 1. The van der Waals surface area contributed by atoms with Crippen molar-refractivity contribution in [3.63, 3.8) is 0 Å². The van der Waals surface area contributed by atoms with Crippen LogP contribution in [-0.4, -0.2) is 55.7 Å². The molecule has 0 bridgehead atoms. The Morgan fingerprint density at radius 2 is 1.80 bits per heavy atom. The maximum atomic E-state index is 13.5. The number of hydrogen-bond acceptors (Lipinski definition) is 3. The fourth-order valence-corrected chi connectivity index (χ4v) is 2.04. The maximum absolute atomic E-state index is 13.5. The van der Waals surface area contributed by atoms with Gasteiger partial charge in [0.05, 0.1) is 6.10 Å². The molecule has 1 unspecified atom stereocenters. The summed E-state index contributed by atoms with van der Waals surface area (Å²) in [7, 11) is 6.01. The molecule has 1 rings (SSSR count). The second kappa shape index (κ2) is 8.29. The Balaban J connectivity index is 2.39. The highest BCUT2D eigenvalue weighted by Crippen LogP contribution is 2.21. The molecule has 3 nitrogen and oxygen atoms in total. The molecule has 1 aromatic carbocycles. The molecule has 114 valence electrons. The summed E-state index contributed by atoms with van der Waals surface area (Å²) in [6.07, 6.45) is 0.453. The molecule has 0 aliphatic rings. The van der Waals surface area contributed by atoms with E-state index in [9.17, 15) is 13.9 Å². The first kappa shape index (κ1) is 17.0. The second-order valence-corrected chi connectivity index (χ2v) is 5.41. The topological polar surface area (TPSA) is 26.7 Å². The van der Waals surface area contributed by atoms with Crippen LogP contribution in [0.3, 0.4) is 0 Å². The molecule has 0 saturated carbocycles. The van der Waals surface area contributed by atoms with E-state index in [1.54, 1.807) is 0 Å². The SMILES string of the molecule is CN(C)CCCN(C)CCC(O)c1cccc(F)c1F. The van der Waals surface area contributed by atoms with Crippen LogP contribution in [-0.2, 0) is 0 Å². The molecule has 5 heteroatoms. The summed E-state index contributed by atoms with van der Waals surface area (Å²) < 4.78 is 26.6. The van der Waals surface area contributed by atoms with Gasteiger partial charge in [0.2, 0.25) is 0 Å². The lowest BCUT2D eigenvalue weighted by Crippen LogP contribution is -2.25. The number of aliphatic hydroxyl groups excluding tert-OH is 1. The summed E-state index contributed by atoms with van der Waals surface area (Å²) in [5.74, 6) is -1.86. The van der Waals surface area contributed by atoms with Crippen molar-refractivity contribution in [3.8, 4) is 0 Å². The summed E-state index contributed by atoms with van der Waals surface area (Å²) >= 11 is 0. The van der Waals surface area contributed by atoms with E-state index < -0.39 is 17.7 Å². The summed E-state index contributed by atoms with van der Waals surface area (Å²) in [6, 6.07) is 3.89. The molecule has 1 aromatic rings. The molecule has 0 fully saturated rings. The molecule has 0 aromatic heterocycles. The molecule has 0 saturated heterocycles. The van der Waals surface area contributed by atoms with Crippen molar-refractivity contribution in [3.05, 3.63) is 35.4 Å². The van der Waals surface area contributed by atoms with Crippen molar-refractivity contribution in [1.82, 2.24) is 9.80 Å². The van der Waals surface area contributed by atoms with Gasteiger partial charge in [0, 0.05) is 12.1 Å². The number of nitrogens with zero attached hydrogens (tertiary/aromatic N) is 2. The molecule has 0 aliphatic heterocycles. The predicted octanol–water partition coefficient (Wildman–Crippen LogP) is 2.27. The van der Waals surface area contributed by atoms with E-state index in [2.05, 4.69) is 9.80 Å². The molecule has 0 aliphatic carbocycles. The predicted molar refractivity (Wildman–Crippen MR) is 76.6 cm³/mol. The zero-order chi connectivity index (χ0) is 15.1. The van der Waals surface area contributed by atoms with E-state index in [-0.39, 0.29) is 5.56 Å². The van der Waals surface area contributed by atoms with Gasteiger partial charge in [0.15, 0.2) is 11.6 Å². The number of rotatable bonds is 8. The van der Waals surface area contributed by atoms with Gasteiger partial charge in [0.1, 0.15) is 0 Å². The molecule has 20 heavy (non-hydrogen) atoms. The van der Waals surface area contributed by atoms with Crippen LogP contribution in [0.2, 0.25) is 0 Å². The normalized spacial score (nSPS) is 13.2. The Labute approximate surface area is 119 Å². The average molecular weight is 286 g/mol. The third-order valence-electron chi connectivity index (χ3n) is 3.27. The summed E-state index contributed by atoms with van der Waals surface area (Å²) in [5.41, 5.74) is 0.0340. The van der Waals surface area contributed by atoms with E-state index in [0.717, 1.165) is 25.6 Å². The van der Waals surface area contributed by atoms with Gasteiger partial charge in [0.25, 0.3) is 0 Å². The highest BCUT2D eigenvalue weighted by Gasteiger charge is 2.16. The summed E-state index contributed by atoms with van der Waals surface area (Å²) in [5, 5.41) is 9.95. The average Bonchev–Trinajstić information content (AvgIpc) is 2.38. The van der Waals surface area contributed by atoms with Crippen molar-refractivity contribution in [1.29, 1.82) is 0 Å². The number of hydrogen-bond donors (Lipinski definition) is 1. The van der Waals surface area contributed by atoms with Crippen LogP contribution in [0.15, 0.2) is 18.2 Å². The zero-order valence-electron chi connectivity index (χ0n) is 12.4. The monoisotopic (exact) mass is 286 g/mol. The lowest BCUT2D eigenvalue weighted by atomic mass is 10.1. The van der Waals surface area contributed by atoms with Crippen LogP contribution < -0.4 is 0 Å². The van der Waals surface area contributed by atoms with Gasteiger partial charge in [-0.25, -0.2) is 8.78 Å². The van der Waals surface area contributed by atoms with Crippen LogP contribution in [0.1, 0.15) is 24.5 Å². The molecule has 0 amide bonds. The maximum Gasteiger partial charge on any atom is 0.164 e. The van der Waals surface area contributed by atoms with Crippen LogP contribution >= 0.6 is 0 Å². The van der Waals surface area contributed by atoms with Crippen molar-refractivity contribution >= 4 is 0 Å². The first-order valence-corrected chi connectivity index (χ1v) is 6.87. The lowest BCUT2D eigenvalue weighted by Gasteiger charge is -2.20. The Hall–Kier alpha value is -1.04. The van der Waals surface area contributed by atoms with Crippen LogP contribution in [0.25, 0.3) is 0 Å². The van der Waals surface area contributed by atoms with E-state index >= 15 is 0 Å². The summed E-state index contributed by atoms with van der Waals surface area (Å²) in [6.45, 7) is 2.56. The van der Waals surface area contributed by atoms with Crippen LogP contribution in [0, 0.1) is 11.6 Å². The zero-order valence-corrected chi connectivity index (χ0v) is 12.4. The Morgan fingerprint density at radius 1 is 1.10 bits per heavy atom. The highest BCUT2D eigenvalue weighted by atomic mass is 19.2. The summed E-state index contributed by atoms with van der Waals surface area (Å²) in [4.78, 5) is 4.20. The standard InChI is InChI=1S/C15H24F2N2O/c1-18(2)9-5-10-19(3)11-8-14(20)12-6-4-7-13(16)15(12)17/h4,6-7,14,20H,5,8-11H2,1-3H3. The van der Waals surface area contributed by atoms with Gasteiger partial charge >= 0.3 is 0 Å². The molecular weight excluding hydrogens is 262 g/mol. The molecule has 0 heterocycles. The quantitative estimate of drug-likeness (QED) is 0.794. The fraction of sp³-hybridized carbons (Fsp3) is 0.600. The minimum Gasteiger partial charge on any atom is -0.388 e. The first-order valence-electron chi connectivity index (χ1n) is 6.87. The van der Waals surface area contributed by atoms with Crippen LogP contribution in [0.4, 0.5) is 8.78 Å². The van der Waals surface area contributed by atoms with Gasteiger partial charge in [-0.2, -0.15) is 0 Å². The van der Waals surface area contributed by atoms with Gasteiger partial charge < -0.3 is 14.9 Å². The van der Waals surface area contributed by atoms with E-state index in [1.807, 2.05) is 21.1 Å². The van der Waals surface area contributed by atoms with E-state index in [4.69, 9.17) is 0 Å². The first-order chi connectivity index (χ1) is 9.41. The largest absolute Gasteiger partial charge is 0.388 e. The van der Waals surface area contributed by atoms with E-state index in [1.165, 1.54) is 12.1 Å². The van der Waals surface area contributed by atoms with Crippen molar-refractivity contribution in [2.75, 3.05) is 40.8 Å². The molecule has 1 N–H and O–H groups in total. The van der Waals surface area contributed by atoms with E-state index in [0.29, 0.717) is 13.0 Å². The van der Waals surface area contributed by atoms with Gasteiger partial charge in [-0.05, 0) is 53.1 Å². The van der Waals surface area contributed by atoms with Crippen molar-refractivity contribution < 1.29 is 13.9 Å². The second-order valence-electron chi connectivity index (χ2n) is 5.41. The molecule has 0 radical (unpaired) electrons. The fourth-order valence-electron chi connectivity index (χ4n) is 2.04.